The Labute approximate surface area is 385 Å². The Balaban J connectivity index is 0.983. The minimum Gasteiger partial charge on any atom is -0.228 e. The molecule has 0 spiro atoms. The Kier molecular flexibility index (Phi) is 8.51. The standard InChI is InChI=1S/C64H44N2/c1-63(2)55-35-31-43(38-54(55)61-48-25-13-12-18-41(48)30-37-58(61)63)47-33-34-52(50-27-15-14-26-49(47)50)60-40-59(65-62(66-60)42-19-6-3-7-20-42)44-32-36-57-53(39-44)51-28-16-17-29-56(51)64(57,45-21-8-4-9-22-45)46-23-10-5-11-24-46/h3-40H,1-2H3. The van der Waals surface area contributed by atoms with E-state index < -0.39 is 5.41 Å². The van der Waals surface area contributed by atoms with Crippen LogP contribution in [-0.2, 0) is 10.8 Å². The summed E-state index contributed by atoms with van der Waals surface area (Å²) in [5, 5.41) is 4.94. The second-order valence-corrected chi connectivity index (χ2v) is 18.4. The van der Waals surface area contributed by atoms with Crippen LogP contribution in [-0.4, -0.2) is 9.97 Å². The molecule has 0 radical (unpaired) electrons. The maximum atomic E-state index is 5.37. The summed E-state index contributed by atoms with van der Waals surface area (Å²) in [4.78, 5) is 10.7. The van der Waals surface area contributed by atoms with Gasteiger partial charge in [-0.1, -0.05) is 226 Å². The number of aromatic nitrogens is 2. The van der Waals surface area contributed by atoms with Gasteiger partial charge in [0.25, 0.3) is 0 Å². The molecule has 2 heteroatoms. The van der Waals surface area contributed by atoms with Crippen molar-refractivity contribution in [3.8, 4) is 67.3 Å². The summed E-state index contributed by atoms with van der Waals surface area (Å²) in [5.41, 5.74) is 19.7. The molecule has 0 amide bonds. The Morgan fingerprint density at radius 3 is 1.62 bits per heavy atom. The Hall–Kier alpha value is -8.20. The number of hydrogen-bond donors (Lipinski definition) is 0. The largest absolute Gasteiger partial charge is 0.228 e. The molecular weight excluding hydrogens is 797 g/mol. The minimum absolute atomic E-state index is 0.0878. The second-order valence-electron chi connectivity index (χ2n) is 18.4. The zero-order valence-electron chi connectivity index (χ0n) is 36.8. The summed E-state index contributed by atoms with van der Waals surface area (Å²) in [6.07, 6.45) is 0. The van der Waals surface area contributed by atoms with Crippen LogP contribution in [0.15, 0.2) is 231 Å². The lowest BCUT2D eigenvalue weighted by Gasteiger charge is -2.33. The fourth-order valence-corrected chi connectivity index (χ4v) is 11.5. The number of fused-ring (bicyclic) bond motifs is 9. The first-order valence-corrected chi connectivity index (χ1v) is 23.0. The van der Waals surface area contributed by atoms with Crippen molar-refractivity contribution in [2.24, 2.45) is 0 Å². The highest BCUT2D eigenvalue weighted by Crippen LogP contribution is 2.57. The number of benzene rings is 10. The minimum atomic E-state index is -0.466. The van der Waals surface area contributed by atoms with Crippen molar-refractivity contribution in [3.05, 3.63) is 264 Å². The highest BCUT2D eigenvalue weighted by molar-refractivity contribution is 6.07. The van der Waals surface area contributed by atoms with Crippen LogP contribution in [0.25, 0.3) is 88.8 Å². The first-order valence-electron chi connectivity index (χ1n) is 23.0. The first kappa shape index (κ1) is 38.3. The van der Waals surface area contributed by atoms with E-state index in [1.54, 1.807) is 0 Å². The highest BCUT2D eigenvalue weighted by atomic mass is 14.9. The lowest BCUT2D eigenvalue weighted by Crippen LogP contribution is -2.28. The monoisotopic (exact) mass is 840 g/mol. The van der Waals surface area contributed by atoms with Gasteiger partial charge in [0, 0.05) is 22.1 Å². The van der Waals surface area contributed by atoms with E-state index in [2.05, 4.69) is 238 Å². The Morgan fingerprint density at radius 2 is 0.864 bits per heavy atom. The van der Waals surface area contributed by atoms with Crippen molar-refractivity contribution in [1.82, 2.24) is 9.97 Å². The summed E-state index contributed by atoms with van der Waals surface area (Å²) in [6, 6.07) is 84.3. The van der Waals surface area contributed by atoms with Gasteiger partial charge in [-0.2, -0.15) is 0 Å². The van der Waals surface area contributed by atoms with Crippen LogP contribution in [0.1, 0.15) is 47.2 Å². The topological polar surface area (TPSA) is 25.8 Å². The maximum absolute atomic E-state index is 5.37. The predicted molar refractivity (Wildman–Crippen MR) is 274 cm³/mol. The van der Waals surface area contributed by atoms with E-state index in [4.69, 9.17) is 9.97 Å². The van der Waals surface area contributed by atoms with Crippen molar-refractivity contribution < 1.29 is 0 Å². The molecule has 1 heterocycles. The van der Waals surface area contributed by atoms with Gasteiger partial charge in [0.05, 0.1) is 16.8 Å². The smallest absolute Gasteiger partial charge is 0.160 e. The van der Waals surface area contributed by atoms with E-state index in [9.17, 15) is 0 Å². The van der Waals surface area contributed by atoms with E-state index in [1.165, 1.54) is 82.9 Å². The van der Waals surface area contributed by atoms with Crippen molar-refractivity contribution in [1.29, 1.82) is 0 Å². The van der Waals surface area contributed by atoms with Crippen LogP contribution in [0.3, 0.4) is 0 Å². The average Bonchev–Trinajstić information content (AvgIpc) is 3.81. The Morgan fingerprint density at radius 1 is 0.318 bits per heavy atom. The van der Waals surface area contributed by atoms with E-state index in [1.807, 2.05) is 6.07 Å². The van der Waals surface area contributed by atoms with Crippen LogP contribution >= 0.6 is 0 Å². The molecule has 10 aromatic carbocycles. The lowest BCUT2D eigenvalue weighted by molar-refractivity contribution is 0.661. The molecule has 2 aliphatic rings. The number of hydrogen-bond acceptors (Lipinski definition) is 2. The van der Waals surface area contributed by atoms with Gasteiger partial charge in [-0.25, -0.2) is 9.97 Å². The molecule has 66 heavy (non-hydrogen) atoms. The third-order valence-electron chi connectivity index (χ3n) is 14.6. The average molecular weight is 841 g/mol. The van der Waals surface area contributed by atoms with Gasteiger partial charge in [0.2, 0.25) is 0 Å². The van der Waals surface area contributed by atoms with E-state index in [0.29, 0.717) is 5.82 Å². The molecule has 1 aromatic heterocycles. The first-order chi connectivity index (χ1) is 32.5. The zero-order valence-corrected chi connectivity index (χ0v) is 36.8. The van der Waals surface area contributed by atoms with Gasteiger partial charge in [-0.05, 0) is 107 Å². The van der Waals surface area contributed by atoms with Crippen molar-refractivity contribution in [2.45, 2.75) is 24.7 Å². The molecule has 2 aliphatic carbocycles. The molecule has 0 saturated carbocycles. The second kappa shape index (κ2) is 14.7. The fraction of sp³-hybridized carbons (Fsp3) is 0.0625. The van der Waals surface area contributed by atoms with Crippen LogP contribution < -0.4 is 0 Å². The van der Waals surface area contributed by atoms with Gasteiger partial charge in [0.15, 0.2) is 5.82 Å². The maximum Gasteiger partial charge on any atom is 0.160 e. The molecule has 13 rings (SSSR count). The molecule has 0 bridgehead atoms. The molecule has 0 atom stereocenters. The quantitative estimate of drug-likeness (QED) is 0.167. The molecule has 2 nitrogen and oxygen atoms in total. The molecule has 0 fully saturated rings. The van der Waals surface area contributed by atoms with Gasteiger partial charge >= 0.3 is 0 Å². The number of nitrogens with zero attached hydrogens (tertiary/aromatic N) is 2. The van der Waals surface area contributed by atoms with E-state index in [-0.39, 0.29) is 5.41 Å². The Bertz CT molecular complexity index is 3680. The van der Waals surface area contributed by atoms with E-state index in [0.717, 1.165) is 33.5 Å². The number of rotatable bonds is 6. The highest BCUT2D eigenvalue weighted by Gasteiger charge is 2.46. The van der Waals surface area contributed by atoms with Crippen molar-refractivity contribution in [3.63, 3.8) is 0 Å². The third kappa shape index (κ3) is 5.61. The molecule has 0 saturated heterocycles. The van der Waals surface area contributed by atoms with Crippen LogP contribution in [0.4, 0.5) is 0 Å². The van der Waals surface area contributed by atoms with Gasteiger partial charge in [0.1, 0.15) is 0 Å². The van der Waals surface area contributed by atoms with Gasteiger partial charge in [-0.3, -0.25) is 0 Å². The normalized spacial score (nSPS) is 13.8. The SMILES string of the molecule is CC1(C)c2ccc(-c3ccc(-c4cc(-c5ccc6c(c5)-c5ccccc5C6(c5ccccc5)c5ccccc5)nc(-c5ccccc5)n4)c4ccccc34)cc2-c2c1ccc1ccccc21. The van der Waals surface area contributed by atoms with Crippen LogP contribution in [0, 0.1) is 0 Å². The predicted octanol–water partition coefficient (Wildman–Crippen LogP) is 16.1. The van der Waals surface area contributed by atoms with E-state index >= 15 is 0 Å². The fourth-order valence-electron chi connectivity index (χ4n) is 11.5. The third-order valence-corrected chi connectivity index (χ3v) is 14.6. The van der Waals surface area contributed by atoms with Crippen LogP contribution in [0.2, 0.25) is 0 Å². The zero-order chi connectivity index (χ0) is 44.0. The molecule has 0 aliphatic heterocycles. The molecule has 0 N–H and O–H groups in total. The summed E-state index contributed by atoms with van der Waals surface area (Å²) >= 11 is 0. The van der Waals surface area contributed by atoms with Gasteiger partial charge in [-0.15, -0.1) is 0 Å². The summed E-state index contributed by atoms with van der Waals surface area (Å²) < 4.78 is 0. The summed E-state index contributed by atoms with van der Waals surface area (Å²) in [7, 11) is 0. The van der Waals surface area contributed by atoms with Crippen LogP contribution in [0.5, 0.6) is 0 Å². The van der Waals surface area contributed by atoms with Crippen molar-refractivity contribution in [2.75, 3.05) is 0 Å². The summed E-state index contributed by atoms with van der Waals surface area (Å²) in [5.74, 6) is 0.701. The molecular formula is C64H44N2. The molecule has 310 valence electrons. The summed E-state index contributed by atoms with van der Waals surface area (Å²) in [6.45, 7) is 4.72. The molecule has 0 unspecified atom stereocenters. The van der Waals surface area contributed by atoms with Gasteiger partial charge < -0.3 is 0 Å². The lowest BCUT2D eigenvalue weighted by atomic mass is 9.67. The molecule has 11 aromatic rings. The van der Waals surface area contributed by atoms with Crippen molar-refractivity contribution >= 4 is 21.5 Å².